The molecule has 0 aliphatic carbocycles. The molecule has 166 valence electrons. The highest BCUT2D eigenvalue weighted by Gasteiger charge is 2.35. The fourth-order valence-electron chi connectivity index (χ4n) is 3.27. The number of nitrogens with zero attached hydrogens (tertiary/aromatic N) is 3. The number of piperazine rings is 1. The van der Waals surface area contributed by atoms with Gasteiger partial charge in [0.2, 0.25) is 0 Å². The number of rotatable bonds is 5. The molecule has 0 bridgehead atoms. The molecule has 2 aromatic rings. The molecule has 1 saturated heterocycles. The number of carbonyl (C=O) groups is 2. The number of urea groups is 1. The third kappa shape index (κ3) is 6.96. The summed E-state index contributed by atoms with van der Waals surface area (Å²) in [4.78, 5) is 32.8. The van der Waals surface area contributed by atoms with E-state index < -0.39 is 11.7 Å². The van der Waals surface area contributed by atoms with Gasteiger partial charge in [0.15, 0.2) is 0 Å². The standard InChI is InChI=1S/C23H30N4O4/c1-23(2,3)31-22(29)27-14-13-26(21(28)25-19-9-11-24-12-10-19)15-20(27)17-30-16-18-7-5-4-6-8-18/h4-12,20H,13-17H2,1-3H3,(H,24,25,28). The maximum atomic E-state index is 12.7. The number of aromatic nitrogens is 1. The van der Waals surface area contributed by atoms with Crippen molar-refractivity contribution in [2.24, 2.45) is 0 Å². The predicted molar refractivity (Wildman–Crippen MR) is 118 cm³/mol. The molecular weight excluding hydrogens is 396 g/mol. The Hall–Kier alpha value is -3.13. The molecule has 1 fully saturated rings. The Labute approximate surface area is 183 Å². The van der Waals surface area contributed by atoms with Gasteiger partial charge in [0.25, 0.3) is 0 Å². The SMILES string of the molecule is CC(C)(C)OC(=O)N1CCN(C(=O)Nc2ccncc2)CC1COCc1ccccc1. The first-order chi connectivity index (χ1) is 14.8. The van der Waals surface area contributed by atoms with Crippen LogP contribution in [0.2, 0.25) is 0 Å². The van der Waals surface area contributed by atoms with Gasteiger partial charge in [-0.25, -0.2) is 9.59 Å². The minimum absolute atomic E-state index is 0.219. The average molecular weight is 427 g/mol. The zero-order valence-corrected chi connectivity index (χ0v) is 18.3. The van der Waals surface area contributed by atoms with Gasteiger partial charge in [-0.1, -0.05) is 30.3 Å². The van der Waals surface area contributed by atoms with Crippen LogP contribution in [0.25, 0.3) is 0 Å². The Morgan fingerprint density at radius 1 is 1.10 bits per heavy atom. The Morgan fingerprint density at radius 2 is 1.81 bits per heavy atom. The first-order valence-electron chi connectivity index (χ1n) is 10.4. The molecule has 3 rings (SSSR count). The van der Waals surface area contributed by atoms with Crippen LogP contribution in [0.4, 0.5) is 15.3 Å². The predicted octanol–water partition coefficient (Wildman–Crippen LogP) is 3.75. The zero-order chi connectivity index (χ0) is 22.3. The summed E-state index contributed by atoms with van der Waals surface area (Å²) >= 11 is 0. The van der Waals surface area contributed by atoms with Gasteiger partial charge in [-0.15, -0.1) is 0 Å². The van der Waals surface area contributed by atoms with Crippen LogP contribution in [0.3, 0.4) is 0 Å². The van der Waals surface area contributed by atoms with Crippen molar-refractivity contribution in [3.8, 4) is 0 Å². The first kappa shape index (κ1) is 22.6. The van der Waals surface area contributed by atoms with E-state index in [2.05, 4.69) is 10.3 Å². The lowest BCUT2D eigenvalue weighted by Crippen LogP contribution is -2.59. The summed E-state index contributed by atoms with van der Waals surface area (Å²) in [5.41, 5.74) is 1.13. The summed E-state index contributed by atoms with van der Waals surface area (Å²) in [6.07, 6.45) is 2.85. The van der Waals surface area contributed by atoms with Gasteiger partial charge in [0, 0.05) is 37.7 Å². The maximum absolute atomic E-state index is 12.7. The first-order valence-corrected chi connectivity index (χ1v) is 10.4. The molecule has 8 nitrogen and oxygen atoms in total. The van der Waals surface area contributed by atoms with E-state index >= 15 is 0 Å². The summed E-state index contributed by atoms with van der Waals surface area (Å²) in [6.45, 7) is 7.38. The smallest absolute Gasteiger partial charge is 0.410 e. The van der Waals surface area contributed by atoms with Crippen LogP contribution in [-0.4, -0.2) is 64.8 Å². The number of carbonyl (C=O) groups excluding carboxylic acids is 2. The molecule has 2 heterocycles. The van der Waals surface area contributed by atoms with Crippen LogP contribution < -0.4 is 5.32 Å². The molecule has 1 aromatic heterocycles. The second-order valence-electron chi connectivity index (χ2n) is 8.44. The van der Waals surface area contributed by atoms with Gasteiger partial charge >= 0.3 is 12.1 Å². The van der Waals surface area contributed by atoms with Crippen molar-refractivity contribution in [2.75, 3.05) is 31.6 Å². The quantitative estimate of drug-likeness (QED) is 0.787. The van der Waals surface area contributed by atoms with Crippen molar-refractivity contribution in [1.82, 2.24) is 14.8 Å². The molecule has 1 aliphatic rings. The molecule has 1 aliphatic heterocycles. The Bertz CT molecular complexity index is 855. The van der Waals surface area contributed by atoms with Crippen molar-refractivity contribution in [2.45, 2.75) is 39.0 Å². The van der Waals surface area contributed by atoms with Gasteiger partial charge in [-0.05, 0) is 38.5 Å². The molecule has 31 heavy (non-hydrogen) atoms. The summed E-state index contributed by atoms with van der Waals surface area (Å²) in [5.74, 6) is 0. The van der Waals surface area contributed by atoms with Crippen LogP contribution in [0.1, 0.15) is 26.3 Å². The van der Waals surface area contributed by atoms with Crippen LogP contribution in [0.15, 0.2) is 54.9 Å². The van der Waals surface area contributed by atoms with E-state index in [9.17, 15) is 9.59 Å². The number of hydrogen-bond acceptors (Lipinski definition) is 5. The van der Waals surface area contributed by atoms with E-state index in [0.29, 0.717) is 38.5 Å². The van der Waals surface area contributed by atoms with Crippen molar-refractivity contribution >= 4 is 17.8 Å². The lowest BCUT2D eigenvalue weighted by atomic mass is 10.1. The summed E-state index contributed by atoms with van der Waals surface area (Å²) < 4.78 is 11.5. The normalized spacial score (nSPS) is 16.7. The third-order valence-corrected chi connectivity index (χ3v) is 4.75. The second kappa shape index (κ2) is 10.3. The number of benzene rings is 1. The monoisotopic (exact) mass is 426 g/mol. The van der Waals surface area contributed by atoms with E-state index in [1.54, 1.807) is 34.3 Å². The third-order valence-electron chi connectivity index (χ3n) is 4.75. The van der Waals surface area contributed by atoms with Gasteiger partial charge in [-0.2, -0.15) is 0 Å². The molecule has 1 unspecified atom stereocenters. The fraction of sp³-hybridized carbons (Fsp3) is 0.435. The number of hydrogen-bond donors (Lipinski definition) is 1. The van der Waals surface area contributed by atoms with E-state index in [1.807, 2.05) is 51.1 Å². The lowest BCUT2D eigenvalue weighted by molar-refractivity contribution is -0.0182. The topological polar surface area (TPSA) is 84.0 Å². The average Bonchev–Trinajstić information content (AvgIpc) is 2.74. The Kier molecular flexibility index (Phi) is 7.46. The van der Waals surface area contributed by atoms with Crippen LogP contribution in [0.5, 0.6) is 0 Å². The molecule has 1 atom stereocenters. The van der Waals surface area contributed by atoms with Gasteiger partial charge in [-0.3, -0.25) is 9.88 Å². The van der Waals surface area contributed by atoms with E-state index in [1.165, 1.54) is 0 Å². The second-order valence-corrected chi connectivity index (χ2v) is 8.44. The minimum Gasteiger partial charge on any atom is -0.444 e. The highest BCUT2D eigenvalue weighted by molar-refractivity contribution is 5.89. The summed E-state index contributed by atoms with van der Waals surface area (Å²) in [7, 11) is 0. The fourth-order valence-corrected chi connectivity index (χ4v) is 3.27. The maximum Gasteiger partial charge on any atom is 0.410 e. The van der Waals surface area contributed by atoms with Gasteiger partial charge < -0.3 is 19.7 Å². The van der Waals surface area contributed by atoms with Crippen molar-refractivity contribution in [3.05, 3.63) is 60.4 Å². The Morgan fingerprint density at radius 3 is 2.48 bits per heavy atom. The van der Waals surface area contributed by atoms with E-state index in [-0.39, 0.29) is 12.1 Å². The molecule has 0 saturated carbocycles. The molecule has 1 aromatic carbocycles. The van der Waals surface area contributed by atoms with Gasteiger partial charge in [0.05, 0.1) is 19.3 Å². The minimum atomic E-state index is -0.595. The van der Waals surface area contributed by atoms with Crippen LogP contribution in [0, 0.1) is 0 Å². The highest BCUT2D eigenvalue weighted by atomic mass is 16.6. The number of pyridine rings is 1. The van der Waals surface area contributed by atoms with Crippen molar-refractivity contribution < 1.29 is 19.1 Å². The number of amides is 3. The lowest BCUT2D eigenvalue weighted by Gasteiger charge is -2.41. The zero-order valence-electron chi connectivity index (χ0n) is 18.3. The highest BCUT2D eigenvalue weighted by Crippen LogP contribution is 2.18. The van der Waals surface area contributed by atoms with Crippen LogP contribution in [-0.2, 0) is 16.1 Å². The molecule has 0 radical (unpaired) electrons. The molecule has 0 spiro atoms. The van der Waals surface area contributed by atoms with Crippen LogP contribution >= 0.6 is 0 Å². The summed E-state index contributed by atoms with van der Waals surface area (Å²) in [6, 6.07) is 12.8. The number of anilines is 1. The molecule has 3 amide bonds. The number of nitrogens with one attached hydrogen (secondary N) is 1. The Balaban J connectivity index is 1.64. The van der Waals surface area contributed by atoms with Gasteiger partial charge in [0.1, 0.15) is 5.60 Å². The molecular formula is C23H30N4O4. The summed E-state index contributed by atoms with van der Waals surface area (Å²) in [5, 5.41) is 2.87. The molecule has 1 N–H and O–H groups in total. The van der Waals surface area contributed by atoms with Crippen molar-refractivity contribution in [3.63, 3.8) is 0 Å². The largest absolute Gasteiger partial charge is 0.444 e. The van der Waals surface area contributed by atoms with E-state index in [0.717, 1.165) is 5.56 Å². The van der Waals surface area contributed by atoms with Crippen molar-refractivity contribution in [1.29, 1.82) is 0 Å². The molecule has 8 heteroatoms. The number of ether oxygens (including phenoxy) is 2. The van der Waals surface area contributed by atoms with E-state index in [4.69, 9.17) is 9.47 Å².